The number of ether oxygens (including phenoxy) is 1. The molecule has 5 rings (SSSR count). The number of thioether (sulfide) groups is 1. The van der Waals surface area contributed by atoms with E-state index in [1.807, 2.05) is 60.7 Å². The standard InChI is InChI=1S/C26H20N2O4S/c1-31-19-11-12-20-18(13-24(29)32-23(20)14-19)16-33-26-27-22-10-6-5-9-21(22)25(30)28(26)15-17-7-3-2-4-8-17/h2-14H,15-16H2,1H3. The average Bonchev–Trinajstić information content (AvgIpc) is 2.84. The van der Waals surface area contributed by atoms with Crippen LogP contribution in [0.3, 0.4) is 0 Å². The van der Waals surface area contributed by atoms with E-state index < -0.39 is 5.63 Å². The fourth-order valence-electron chi connectivity index (χ4n) is 3.76. The van der Waals surface area contributed by atoms with Crippen molar-refractivity contribution in [3.05, 3.63) is 111 Å². The number of benzene rings is 3. The van der Waals surface area contributed by atoms with Gasteiger partial charge in [0.1, 0.15) is 11.3 Å². The number of nitrogens with zero attached hydrogens (tertiary/aromatic N) is 2. The Kier molecular flexibility index (Phi) is 5.71. The lowest BCUT2D eigenvalue weighted by Gasteiger charge is -2.14. The summed E-state index contributed by atoms with van der Waals surface area (Å²) in [5.74, 6) is 1.07. The lowest BCUT2D eigenvalue weighted by molar-refractivity contribution is 0.414. The monoisotopic (exact) mass is 456 g/mol. The van der Waals surface area contributed by atoms with Crippen LogP contribution >= 0.6 is 11.8 Å². The first-order valence-corrected chi connectivity index (χ1v) is 11.4. The van der Waals surface area contributed by atoms with Crippen LogP contribution in [0.25, 0.3) is 21.9 Å². The van der Waals surface area contributed by atoms with Crippen molar-refractivity contribution in [2.75, 3.05) is 7.11 Å². The van der Waals surface area contributed by atoms with Gasteiger partial charge in [0.05, 0.1) is 24.6 Å². The number of rotatable bonds is 6. The van der Waals surface area contributed by atoms with Crippen molar-refractivity contribution in [1.29, 1.82) is 0 Å². The molecule has 2 heterocycles. The van der Waals surface area contributed by atoms with E-state index in [0.717, 1.165) is 16.5 Å². The maximum atomic E-state index is 13.3. The lowest BCUT2D eigenvalue weighted by Crippen LogP contribution is -2.24. The second kappa shape index (κ2) is 8.96. The Labute approximate surface area is 193 Å². The zero-order valence-electron chi connectivity index (χ0n) is 17.9. The molecule has 6 nitrogen and oxygen atoms in total. The van der Waals surface area contributed by atoms with Crippen molar-refractivity contribution < 1.29 is 9.15 Å². The molecular weight excluding hydrogens is 436 g/mol. The summed E-state index contributed by atoms with van der Waals surface area (Å²) >= 11 is 1.42. The van der Waals surface area contributed by atoms with E-state index in [0.29, 0.717) is 39.7 Å². The molecule has 0 radical (unpaired) electrons. The predicted octanol–water partition coefficient (Wildman–Crippen LogP) is 4.85. The van der Waals surface area contributed by atoms with Crippen molar-refractivity contribution in [2.45, 2.75) is 17.5 Å². The van der Waals surface area contributed by atoms with Crippen molar-refractivity contribution in [2.24, 2.45) is 0 Å². The molecule has 0 saturated heterocycles. The number of aromatic nitrogens is 2. The van der Waals surface area contributed by atoms with Gasteiger partial charge < -0.3 is 9.15 Å². The second-order valence-corrected chi connectivity index (χ2v) is 8.47. The molecule has 0 fully saturated rings. The normalized spacial score (nSPS) is 11.2. The van der Waals surface area contributed by atoms with Crippen LogP contribution in [0.4, 0.5) is 0 Å². The Morgan fingerprint density at radius 3 is 2.55 bits per heavy atom. The van der Waals surface area contributed by atoms with Gasteiger partial charge >= 0.3 is 5.63 Å². The van der Waals surface area contributed by atoms with Gasteiger partial charge in [-0.3, -0.25) is 9.36 Å². The van der Waals surface area contributed by atoms with E-state index in [1.54, 1.807) is 23.8 Å². The molecular formula is C26H20N2O4S. The smallest absolute Gasteiger partial charge is 0.336 e. The minimum Gasteiger partial charge on any atom is -0.497 e. The number of fused-ring (bicyclic) bond motifs is 2. The Morgan fingerprint density at radius 1 is 0.939 bits per heavy atom. The first-order chi connectivity index (χ1) is 16.1. The zero-order chi connectivity index (χ0) is 22.8. The summed E-state index contributed by atoms with van der Waals surface area (Å²) in [6, 6.07) is 24.1. The Bertz CT molecular complexity index is 1580. The fourth-order valence-corrected chi connectivity index (χ4v) is 4.75. The van der Waals surface area contributed by atoms with Crippen LogP contribution in [0, 0.1) is 0 Å². The maximum absolute atomic E-state index is 13.3. The molecule has 164 valence electrons. The van der Waals surface area contributed by atoms with Gasteiger partial charge in [0.25, 0.3) is 5.56 Å². The average molecular weight is 457 g/mol. The molecule has 7 heteroatoms. The molecule has 0 N–H and O–H groups in total. The van der Waals surface area contributed by atoms with Crippen molar-refractivity contribution in [3.8, 4) is 5.75 Å². The van der Waals surface area contributed by atoms with Gasteiger partial charge in [-0.2, -0.15) is 0 Å². The molecule has 2 aromatic heterocycles. The van der Waals surface area contributed by atoms with E-state index in [9.17, 15) is 9.59 Å². The Balaban J connectivity index is 1.57. The lowest BCUT2D eigenvalue weighted by atomic mass is 10.1. The summed E-state index contributed by atoms with van der Waals surface area (Å²) in [7, 11) is 1.57. The molecule has 0 aliphatic rings. The van der Waals surface area contributed by atoms with Crippen LogP contribution in [0.15, 0.2) is 98.0 Å². The van der Waals surface area contributed by atoms with Crippen LogP contribution in [-0.4, -0.2) is 16.7 Å². The molecule has 0 unspecified atom stereocenters. The van der Waals surface area contributed by atoms with Gasteiger partial charge in [-0.25, -0.2) is 9.78 Å². The van der Waals surface area contributed by atoms with E-state index in [-0.39, 0.29) is 5.56 Å². The largest absolute Gasteiger partial charge is 0.497 e. The fraction of sp³-hybridized carbons (Fsp3) is 0.115. The van der Waals surface area contributed by atoms with Gasteiger partial charge in [0.2, 0.25) is 0 Å². The highest BCUT2D eigenvalue weighted by Crippen LogP contribution is 2.28. The summed E-state index contributed by atoms with van der Waals surface area (Å²) in [6.07, 6.45) is 0. The molecule has 0 amide bonds. The molecule has 0 saturated carbocycles. The highest BCUT2D eigenvalue weighted by Gasteiger charge is 2.14. The van der Waals surface area contributed by atoms with Crippen LogP contribution < -0.4 is 15.9 Å². The molecule has 33 heavy (non-hydrogen) atoms. The zero-order valence-corrected chi connectivity index (χ0v) is 18.7. The molecule has 0 atom stereocenters. The van der Waals surface area contributed by atoms with E-state index >= 15 is 0 Å². The predicted molar refractivity (Wildman–Crippen MR) is 130 cm³/mol. The highest BCUT2D eigenvalue weighted by atomic mass is 32.2. The topological polar surface area (TPSA) is 74.3 Å². The summed E-state index contributed by atoms with van der Waals surface area (Å²) in [6.45, 7) is 0.411. The SMILES string of the molecule is COc1ccc2c(CSc3nc4ccccc4c(=O)n3Cc3ccccc3)cc(=O)oc2c1. The van der Waals surface area contributed by atoms with Crippen LogP contribution in [0.5, 0.6) is 5.75 Å². The summed E-state index contributed by atoms with van der Waals surface area (Å²) in [5, 5.41) is 1.99. The summed E-state index contributed by atoms with van der Waals surface area (Å²) in [5.41, 5.74) is 2.41. The third-order valence-electron chi connectivity index (χ3n) is 5.40. The Hall–Kier alpha value is -3.84. The van der Waals surface area contributed by atoms with Gasteiger partial charge in [0.15, 0.2) is 5.16 Å². The van der Waals surface area contributed by atoms with E-state index in [2.05, 4.69) is 0 Å². The molecule has 0 spiro atoms. The quantitative estimate of drug-likeness (QED) is 0.207. The molecule has 5 aromatic rings. The van der Waals surface area contributed by atoms with Crippen LogP contribution in [0.1, 0.15) is 11.1 Å². The third-order valence-corrected chi connectivity index (χ3v) is 6.43. The molecule has 0 bridgehead atoms. The number of para-hydroxylation sites is 1. The molecule has 0 aliphatic carbocycles. The van der Waals surface area contributed by atoms with Gasteiger partial charge in [-0.15, -0.1) is 0 Å². The van der Waals surface area contributed by atoms with E-state index in [4.69, 9.17) is 14.1 Å². The third kappa shape index (κ3) is 4.27. The first kappa shape index (κ1) is 21.0. The second-order valence-electron chi connectivity index (χ2n) is 7.53. The van der Waals surface area contributed by atoms with Gasteiger partial charge in [-0.1, -0.05) is 54.2 Å². The maximum Gasteiger partial charge on any atom is 0.336 e. The van der Waals surface area contributed by atoms with Crippen molar-refractivity contribution in [1.82, 2.24) is 9.55 Å². The minimum absolute atomic E-state index is 0.0888. The van der Waals surface area contributed by atoms with Crippen molar-refractivity contribution in [3.63, 3.8) is 0 Å². The Morgan fingerprint density at radius 2 is 1.73 bits per heavy atom. The summed E-state index contributed by atoms with van der Waals surface area (Å²) in [4.78, 5) is 30.3. The molecule has 3 aromatic carbocycles. The van der Waals surface area contributed by atoms with Crippen LogP contribution in [-0.2, 0) is 12.3 Å². The van der Waals surface area contributed by atoms with Crippen LogP contribution in [0.2, 0.25) is 0 Å². The van der Waals surface area contributed by atoms with Gasteiger partial charge in [-0.05, 0) is 35.4 Å². The highest BCUT2D eigenvalue weighted by molar-refractivity contribution is 7.98. The number of hydrogen-bond donors (Lipinski definition) is 0. The molecule has 0 aliphatic heterocycles. The summed E-state index contributed by atoms with van der Waals surface area (Å²) < 4.78 is 12.3. The number of methoxy groups -OCH3 is 1. The number of hydrogen-bond acceptors (Lipinski definition) is 6. The van der Waals surface area contributed by atoms with Gasteiger partial charge in [0, 0.05) is 23.3 Å². The first-order valence-electron chi connectivity index (χ1n) is 10.4. The minimum atomic E-state index is -0.431. The van der Waals surface area contributed by atoms with E-state index in [1.165, 1.54) is 17.8 Å². The van der Waals surface area contributed by atoms with Crippen molar-refractivity contribution >= 4 is 33.6 Å².